The van der Waals surface area contributed by atoms with Crippen molar-refractivity contribution in [1.82, 2.24) is 20.1 Å². The van der Waals surface area contributed by atoms with Gasteiger partial charge in [-0.1, -0.05) is 24.3 Å². The summed E-state index contributed by atoms with van der Waals surface area (Å²) in [7, 11) is 0. The number of piperidine rings is 1. The molecule has 0 spiro atoms. The summed E-state index contributed by atoms with van der Waals surface area (Å²) in [5.41, 5.74) is 3.00. The van der Waals surface area contributed by atoms with Gasteiger partial charge in [0, 0.05) is 31.8 Å². The minimum Gasteiger partial charge on any atom is -0.371 e. The molecule has 0 bridgehead atoms. The molecule has 0 atom stereocenters. The quantitative estimate of drug-likeness (QED) is 0.465. The number of carbonyl (C=O) groups is 1. The first-order valence-electron chi connectivity index (χ1n) is 10.3. The van der Waals surface area contributed by atoms with Crippen LogP contribution in [-0.2, 0) is 13.1 Å². The molecule has 1 N–H and O–H groups in total. The predicted octanol–water partition coefficient (Wildman–Crippen LogP) is 3.15. The summed E-state index contributed by atoms with van der Waals surface area (Å²) < 4.78 is 1.73. The fourth-order valence-electron chi connectivity index (χ4n) is 3.85. The molecule has 31 heavy (non-hydrogen) atoms. The maximum absolute atomic E-state index is 13.0. The summed E-state index contributed by atoms with van der Waals surface area (Å²) in [6.45, 7) is 2.61. The molecule has 0 radical (unpaired) electrons. The molecule has 9 heteroatoms. The minimum atomic E-state index is -0.468. The van der Waals surface area contributed by atoms with Crippen LogP contribution in [0.25, 0.3) is 0 Å². The smallest absolute Gasteiger partial charge is 0.270 e. The Bertz CT molecular complexity index is 1060. The van der Waals surface area contributed by atoms with E-state index in [1.807, 2.05) is 24.3 Å². The summed E-state index contributed by atoms with van der Waals surface area (Å²) in [4.78, 5) is 29.9. The molecular formula is C22H24N6O3. The molecular weight excluding hydrogens is 396 g/mol. The van der Waals surface area contributed by atoms with Crippen molar-refractivity contribution in [2.75, 3.05) is 18.0 Å². The molecule has 4 rings (SSSR count). The van der Waals surface area contributed by atoms with Crippen molar-refractivity contribution in [2.45, 2.75) is 32.4 Å². The Morgan fingerprint density at radius 3 is 2.65 bits per heavy atom. The second kappa shape index (κ2) is 9.38. The van der Waals surface area contributed by atoms with Crippen molar-refractivity contribution in [1.29, 1.82) is 0 Å². The first-order valence-corrected chi connectivity index (χ1v) is 10.3. The van der Waals surface area contributed by atoms with Crippen LogP contribution < -0.4 is 10.2 Å². The lowest BCUT2D eigenvalue weighted by atomic mass is 10.1. The zero-order valence-electron chi connectivity index (χ0n) is 17.1. The van der Waals surface area contributed by atoms with E-state index in [-0.39, 0.29) is 11.6 Å². The number of aromatic nitrogens is 3. The molecule has 1 aliphatic rings. The lowest BCUT2D eigenvalue weighted by molar-refractivity contribution is -0.384. The molecule has 1 aliphatic heterocycles. The van der Waals surface area contributed by atoms with E-state index >= 15 is 0 Å². The number of anilines is 1. The van der Waals surface area contributed by atoms with Gasteiger partial charge < -0.3 is 10.2 Å². The standard InChI is InChI=1S/C22H24N6O3/c29-22(24-13-17-5-4-6-18(11-17)14-27-16-23-15-25-27)20-12-19(28(30)31)7-8-21(20)26-9-2-1-3-10-26/h4-8,11-12,15-16H,1-3,9-10,13-14H2,(H,24,29). The fourth-order valence-corrected chi connectivity index (χ4v) is 3.85. The van der Waals surface area contributed by atoms with Gasteiger partial charge in [-0.2, -0.15) is 5.10 Å². The number of rotatable bonds is 7. The van der Waals surface area contributed by atoms with Gasteiger partial charge >= 0.3 is 0 Å². The predicted molar refractivity (Wildman–Crippen MR) is 116 cm³/mol. The Labute approximate surface area is 179 Å². The zero-order valence-corrected chi connectivity index (χ0v) is 17.1. The maximum atomic E-state index is 13.0. The van der Waals surface area contributed by atoms with E-state index in [0.29, 0.717) is 18.7 Å². The number of benzene rings is 2. The highest BCUT2D eigenvalue weighted by Crippen LogP contribution is 2.28. The number of hydrogen-bond acceptors (Lipinski definition) is 6. The summed E-state index contributed by atoms with van der Waals surface area (Å²) >= 11 is 0. The maximum Gasteiger partial charge on any atom is 0.270 e. The SMILES string of the molecule is O=C(NCc1cccc(Cn2cncn2)c1)c1cc([N+](=O)[O-])ccc1N1CCCCC1. The molecule has 0 aliphatic carbocycles. The van der Waals surface area contributed by atoms with E-state index < -0.39 is 4.92 Å². The monoisotopic (exact) mass is 420 g/mol. The van der Waals surface area contributed by atoms with Gasteiger partial charge in [0.05, 0.1) is 22.7 Å². The molecule has 3 aromatic rings. The third-order valence-corrected chi connectivity index (χ3v) is 5.39. The van der Waals surface area contributed by atoms with E-state index in [2.05, 4.69) is 20.3 Å². The van der Waals surface area contributed by atoms with Gasteiger partial charge in [0.15, 0.2) is 0 Å². The lowest BCUT2D eigenvalue weighted by Gasteiger charge is -2.30. The third kappa shape index (κ3) is 5.06. The van der Waals surface area contributed by atoms with Gasteiger partial charge in [-0.3, -0.25) is 14.9 Å². The fraction of sp³-hybridized carbons (Fsp3) is 0.318. The van der Waals surface area contributed by atoms with Crippen LogP contribution in [0.1, 0.15) is 40.7 Å². The minimum absolute atomic E-state index is 0.0826. The van der Waals surface area contributed by atoms with Crippen LogP contribution in [0.5, 0.6) is 0 Å². The van der Waals surface area contributed by atoms with Crippen molar-refractivity contribution < 1.29 is 9.72 Å². The van der Waals surface area contributed by atoms with Crippen molar-refractivity contribution in [3.05, 3.63) is 81.9 Å². The molecule has 1 fully saturated rings. The van der Waals surface area contributed by atoms with E-state index in [1.165, 1.54) is 18.5 Å². The van der Waals surface area contributed by atoms with E-state index in [1.54, 1.807) is 17.1 Å². The number of hydrogen-bond donors (Lipinski definition) is 1. The van der Waals surface area contributed by atoms with Crippen molar-refractivity contribution in [3.8, 4) is 0 Å². The summed E-state index contributed by atoms with van der Waals surface area (Å²) in [5, 5.41) is 18.3. The zero-order chi connectivity index (χ0) is 21.6. The molecule has 1 aromatic heterocycles. The van der Waals surface area contributed by atoms with Gasteiger partial charge in [0.1, 0.15) is 12.7 Å². The Kier molecular flexibility index (Phi) is 6.21. The number of carbonyl (C=O) groups excluding carboxylic acids is 1. The highest BCUT2D eigenvalue weighted by Gasteiger charge is 2.21. The molecule has 1 amide bonds. The third-order valence-electron chi connectivity index (χ3n) is 5.39. The Morgan fingerprint density at radius 1 is 1.10 bits per heavy atom. The van der Waals surface area contributed by atoms with Crippen LogP contribution in [0.4, 0.5) is 11.4 Å². The number of amides is 1. The van der Waals surface area contributed by atoms with Gasteiger partial charge in [-0.05, 0) is 36.5 Å². The molecule has 1 saturated heterocycles. The second-order valence-electron chi connectivity index (χ2n) is 7.60. The van der Waals surface area contributed by atoms with Gasteiger partial charge in [0.2, 0.25) is 0 Å². The highest BCUT2D eigenvalue weighted by molar-refractivity contribution is 6.00. The Morgan fingerprint density at radius 2 is 1.90 bits per heavy atom. The summed E-state index contributed by atoms with van der Waals surface area (Å²) in [6.07, 6.45) is 6.41. The average Bonchev–Trinajstić information content (AvgIpc) is 3.31. The molecule has 2 aromatic carbocycles. The van der Waals surface area contributed by atoms with Gasteiger partial charge in [-0.15, -0.1) is 0 Å². The van der Waals surface area contributed by atoms with Crippen LogP contribution in [-0.4, -0.2) is 38.7 Å². The number of nitro groups is 1. The van der Waals surface area contributed by atoms with E-state index in [9.17, 15) is 14.9 Å². The number of non-ortho nitro benzene ring substituents is 1. The summed E-state index contributed by atoms with van der Waals surface area (Å²) in [6, 6.07) is 12.4. The van der Waals surface area contributed by atoms with Crippen LogP contribution in [0.2, 0.25) is 0 Å². The van der Waals surface area contributed by atoms with Crippen molar-refractivity contribution in [3.63, 3.8) is 0 Å². The topological polar surface area (TPSA) is 106 Å². The molecule has 0 saturated carbocycles. The molecule has 9 nitrogen and oxygen atoms in total. The lowest BCUT2D eigenvalue weighted by Crippen LogP contribution is -2.32. The van der Waals surface area contributed by atoms with Gasteiger partial charge in [-0.25, -0.2) is 9.67 Å². The van der Waals surface area contributed by atoms with E-state index in [4.69, 9.17) is 0 Å². The van der Waals surface area contributed by atoms with Crippen molar-refractivity contribution >= 4 is 17.3 Å². The van der Waals surface area contributed by atoms with Crippen LogP contribution in [0, 0.1) is 10.1 Å². The molecule has 0 unspecified atom stereocenters. The van der Waals surface area contributed by atoms with Gasteiger partial charge in [0.25, 0.3) is 11.6 Å². The van der Waals surface area contributed by atoms with Crippen molar-refractivity contribution in [2.24, 2.45) is 0 Å². The number of nitro benzene ring substituents is 1. The molecule has 2 heterocycles. The summed E-state index contributed by atoms with van der Waals surface area (Å²) in [5.74, 6) is -0.314. The number of nitrogens with one attached hydrogen (secondary N) is 1. The van der Waals surface area contributed by atoms with Crippen LogP contribution >= 0.6 is 0 Å². The first kappa shape index (κ1) is 20.5. The first-order chi connectivity index (χ1) is 15.1. The van der Waals surface area contributed by atoms with E-state index in [0.717, 1.165) is 49.2 Å². The highest BCUT2D eigenvalue weighted by atomic mass is 16.6. The largest absolute Gasteiger partial charge is 0.371 e. The van der Waals surface area contributed by atoms with Crippen LogP contribution in [0.3, 0.4) is 0 Å². The normalized spacial score (nSPS) is 13.7. The second-order valence-corrected chi connectivity index (χ2v) is 7.60. The Balaban J connectivity index is 1.50. The Hall–Kier alpha value is -3.75. The average molecular weight is 420 g/mol. The number of nitrogens with zero attached hydrogens (tertiary/aromatic N) is 5. The van der Waals surface area contributed by atoms with Crippen LogP contribution in [0.15, 0.2) is 55.1 Å². The molecule has 160 valence electrons.